The maximum absolute atomic E-state index is 13.2. The van der Waals surface area contributed by atoms with Crippen molar-refractivity contribution in [2.24, 2.45) is 10.7 Å². The number of aliphatic imine (C=N–C) groups is 1. The summed E-state index contributed by atoms with van der Waals surface area (Å²) in [5.74, 6) is -0.745. The summed E-state index contributed by atoms with van der Waals surface area (Å²) in [4.78, 5) is 13.3. The van der Waals surface area contributed by atoms with E-state index in [9.17, 15) is 14.5 Å². The number of nitrogens with zero attached hydrogens (tertiary/aromatic N) is 2. The molecule has 15 heavy (non-hydrogen) atoms. The molecule has 0 unspecified atom stereocenters. The highest BCUT2D eigenvalue weighted by Crippen LogP contribution is 2.22. The highest BCUT2D eigenvalue weighted by molar-refractivity contribution is 5.74. The number of nitro groups is 1. The van der Waals surface area contributed by atoms with E-state index < -0.39 is 10.7 Å². The van der Waals surface area contributed by atoms with Crippen LogP contribution in [0.5, 0.6) is 0 Å². The van der Waals surface area contributed by atoms with Gasteiger partial charge in [-0.1, -0.05) is 0 Å². The van der Waals surface area contributed by atoms with Gasteiger partial charge in [-0.15, -0.1) is 0 Å². The molecule has 0 radical (unpaired) electrons. The van der Waals surface area contributed by atoms with E-state index in [1.165, 1.54) is 30.6 Å². The lowest BCUT2D eigenvalue weighted by Crippen LogP contribution is -1.88. The molecule has 2 N–H and O–H groups in total. The predicted octanol–water partition coefficient (Wildman–Crippen LogP) is 1.91. The maximum Gasteiger partial charge on any atom is 0.272 e. The third kappa shape index (κ3) is 2.87. The van der Waals surface area contributed by atoms with E-state index in [-0.39, 0.29) is 11.4 Å². The minimum Gasteiger partial charge on any atom is -0.405 e. The van der Waals surface area contributed by atoms with Gasteiger partial charge in [0.1, 0.15) is 0 Å². The van der Waals surface area contributed by atoms with Gasteiger partial charge in [-0.3, -0.25) is 15.1 Å². The van der Waals surface area contributed by atoms with Crippen molar-refractivity contribution in [3.8, 4) is 0 Å². The second-order valence-corrected chi connectivity index (χ2v) is 2.56. The average Bonchev–Trinajstić information content (AvgIpc) is 2.20. The third-order valence-corrected chi connectivity index (χ3v) is 1.55. The first-order valence-corrected chi connectivity index (χ1v) is 4.00. The molecular weight excluding hydrogens is 201 g/mol. The van der Waals surface area contributed by atoms with Gasteiger partial charge in [0.2, 0.25) is 0 Å². The van der Waals surface area contributed by atoms with Gasteiger partial charge in [-0.2, -0.15) is 0 Å². The fraction of sp³-hybridized carbons (Fsp3) is 0. The van der Waals surface area contributed by atoms with Crippen molar-refractivity contribution >= 4 is 17.6 Å². The molecule has 0 aliphatic rings. The quantitative estimate of drug-likeness (QED) is 0.469. The van der Waals surface area contributed by atoms with E-state index in [4.69, 9.17) is 5.73 Å². The topological polar surface area (TPSA) is 81.5 Å². The summed E-state index contributed by atoms with van der Waals surface area (Å²) in [6, 6.07) is 3.23. The Hall–Kier alpha value is -2.24. The van der Waals surface area contributed by atoms with Crippen LogP contribution in [0.2, 0.25) is 0 Å². The zero-order valence-corrected chi connectivity index (χ0v) is 7.63. The molecule has 0 amide bonds. The molecule has 5 nitrogen and oxygen atoms in total. The van der Waals surface area contributed by atoms with Crippen LogP contribution in [0.3, 0.4) is 0 Å². The Morgan fingerprint density at radius 2 is 2.27 bits per heavy atom. The number of nitrogens with two attached hydrogens (primary N) is 1. The Morgan fingerprint density at radius 1 is 1.53 bits per heavy atom. The lowest BCUT2D eigenvalue weighted by atomic mass is 10.3. The Kier molecular flexibility index (Phi) is 3.50. The van der Waals surface area contributed by atoms with Gasteiger partial charge >= 0.3 is 0 Å². The summed E-state index contributed by atoms with van der Waals surface area (Å²) in [7, 11) is 0. The van der Waals surface area contributed by atoms with Crippen molar-refractivity contribution in [3.63, 3.8) is 0 Å². The zero-order chi connectivity index (χ0) is 11.3. The van der Waals surface area contributed by atoms with Crippen LogP contribution in [0.15, 0.2) is 35.5 Å². The van der Waals surface area contributed by atoms with E-state index in [1.54, 1.807) is 0 Å². The third-order valence-electron chi connectivity index (χ3n) is 1.55. The summed E-state index contributed by atoms with van der Waals surface area (Å²) >= 11 is 0. The van der Waals surface area contributed by atoms with Crippen molar-refractivity contribution in [2.45, 2.75) is 0 Å². The molecule has 0 bridgehead atoms. The Balaban J connectivity index is 2.98. The summed E-state index contributed by atoms with van der Waals surface area (Å²) < 4.78 is 13.2. The van der Waals surface area contributed by atoms with Crippen molar-refractivity contribution in [1.82, 2.24) is 0 Å². The SMILES string of the molecule is NC=CC=Nc1ccc([N+](=O)[O-])cc1F. The first-order valence-electron chi connectivity index (χ1n) is 4.00. The largest absolute Gasteiger partial charge is 0.405 e. The molecule has 0 saturated heterocycles. The van der Waals surface area contributed by atoms with E-state index in [2.05, 4.69) is 4.99 Å². The minimum atomic E-state index is -0.745. The van der Waals surface area contributed by atoms with Gasteiger partial charge in [-0.05, 0) is 18.3 Å². The molecule has 0 saturated carbocycles. The molecule has 0 aromatic heterocycles. The van der Waals surface area contributed by atoms with E-state index in [0.717, 1.165) is 6.07 Å². The van der Waals surface area contributed by atoms with Crippen LogP contribution < -0.4 is 5.73 Å². The van der Waals surface area contributed by atoms with Crippen LogP contribution in [0.1, 0.15) is 0 Å². The number of allylic oxidation sites excluding steroid dienone is 1. The van der Waals surface area contributed by atoms with Crippen LogP contribution in [0.4, 0.5) is 15.8 Å². The number of halogens is 1. The number of non-ortho nitro benzene ring substituents is 1. The molecular formula is C9H8FN3O2. The second-order valence-electron chi connectivity index (χ2n) is 2.56. The summed E-state index contributed by atoms with van der Waals surface area (Å²) in [6.07, 6.45) is 3.96. The van der Waals surface area contributed by atoms with Crippen LogP contribution in [-0.2, 0) is 0 Å². The van der Waals surface area contributed by atoms with Crippen molar-refractivity contribution in [2.75, 3.05) is 0 Å². The predicted molar refractivity (Wildman–Crippen MR) is 54.5 cm³/mol. The fourth-order valence-corrected chi connectivity index (χ4v) is 0.887. The highest BCUT2D eigenvalue weighted by atomic mass is 19.1. The van der Waals surface area contributed by atoms with Gasteiger partial charge in [-0.25, -0.2) is 4.39 Å². The summed E-state index contributed by atoms with van der Waals surface area (Å²) in [6.45, 7) is 0. The molecule has 1 aromatic carbocycles. The lowest BCUT2D eigenvalue weighted by Gasteiger charge is -1.95. The number of nitro benzene ring substituents is 1. The van der Waals surface area contributed by atoms with Crippen molar-refractivity contribution in [3.05, 3.63) is 46.4 Å². The molecule has 0 heterocycles. The van der Waals surface area contributed by atoms with Gasteiger partial charge in [0.25, 0.3) is 5.69 Å². The molecule has 78 valence electrons. The molecule has 0 fully saturated rings. The minimum absolute atomic E-state index is 0.0266. The molecule has 0 atom stereocenters. The molecule has 1 rings (SSSR count). The highest BCUT2D eigenvalue weighted by Gasteiger charge is 2.09. The smallest absolute Gasteiger partial charge is 0.272 e. The fourth-order valence-electron chi connectivity index (χ4n) is 0.887. The number of benzene rings is 1. The van der Waals surface area contributed by atoms with Crippen molar-refractivity contribution < 1.29 is 9.31 Å². The first kappa shape index (κ1) is 10.8. The van der Waals surface area contributed by atoms with Crippen molar-refractivity contribution in [1.29, 1.82) is 0 Å². The zero-order valence-electron chi connectivity index (χ0n) is 7.63. The summed E-state index contributed by atoms with van der Waals surface area (Å²) in [5, 5.41) is 10.3. The molecule has 0 aliphatic heterocycles. The average molecular weight is 209 g/mol. The van der Waals surface area contributed by atoms with Crippen LogP contribution in [-0.4, -0.2) is 11.1 Å². The van der Waals surface area contributed by atoms with E-state index >= 15 is 0 Å². The van der Waals surface area contributed by atoms with Crippen LogP contribution in [0.25, 0.3) is 0 Å². The van der Waals surface area contributed by atoms with Gasteiger partial charge < -0.3 is 5.73 Å². The Bertz CT molecular complexity index is 429. The lowest BCUT2D eigenvalue weighted by molar-refractivity contribution is -0.385. The van der Waals surface area contributed by atoms with Crippen LogP contribution >= 0.6 is 0 Å². The first-order chi connectivity index (χ1) is 7.15. The van der Waals surface area contributed by atoms with Crippen LogP contribution in [0, 0.1) is 15.9 Å². The monoisotopic (exact) mass is 209 g/mol. The number of hydrogen-bond acceptors (Lipinski definition) is 4. The maximum atomic E-state index is 13.2. The second kappa shape index (κ2) is 4.85. The Morgan fingerprint density at radius 3 is 2.80 bits per heavy atom. The number of hydrogen-bond donors (Lipinski definition) is 1. The van der Waals surface area contributed by atoms with E-state index in [1.807, 2.05) is 0 Å². The van der Waals surface area contributed by atoms with E-state index in [0.29, 0.717) is 0 Å². The Labute approximate surface area is 84.9 Å². The van der Waals surface area contributed by atoms with Gasteiger partial charge in [0.15, 0.2) is 5.82 Å². The molecule has 0 aliphatic carbocycles. The summed E-state index contributed by atoms with van der Waals surface area (Å²) in [5.41, 5.74) is 4.76. The number of rotatable bonds is 3. The molecule has 0 spiro atoms. The standard InChI is InChI=1S/C9H8FN3O2/c10-8-6-7(13(14)15)2-3-9(8)12-5-1-4-11/h1-6H,11H2. The van der Waals surface area contributed by atoms with Gasteiger partial charge in [0.05, 0.1) is 16.7 Å². The normalized spacial score (nSPS) is 11.3. The van der Waals surface area contributed by atoms with Gasteiger partial charge in [0, 0.05) is 12.3 Å². The molecule has 1 aromatic rings. The molecule has 6 heteroatoms.